The average molecular weight is 380 g/mol. The van der Waals surface area contributed by atoms with E-state index in [2.05, 4.69) is 27.3 Å². The third-order valence-electron chi connectivity index (χ3n) is 3.77. The van der Waals surface area contributed by atoms with Crippen molar-refractivity contribution in [1.82, 2.24) is 5.32 Å². The number of hydrogen-bond acceptors (Lipinski definition) is 3. The maximum Gasteiger partial charge on any atom is 0.258 e. The number of benzene rings is 2. The summed E-state index contributed by atoms with van der Waals surface area (Å²) in [5.74, 6) is 2.91. The number of carbonyl (C=O) groups excluding carboxylic acids is 1. The molecule has 0 unspecified atom stereocenters. The maximum atomic E-state index is 12.0. The van der Waals surface area contributed by atoms with Crippen molar-refractivity contribution in [2.45, 2.75) is 18.9 Å². The Bertz CT molecular complexity index is 671. The summed E-state index contributed by atoms with van der Waals surface area (Å²) in [6.07, 6.45) is 2.10. The summed E-state index contributed by atoms with van der Waals surface area (Å²) in [6.45, 7) is 0.0561. The Morgan fingerprint density at radius 3 is 2.82 bits per heavy atom. The van der Waals surface area contributed by atoms with Gasteiger partial charge in [0.2, 0.25) is 0 Å². The zero-order valence-corrected chi connectivity index (χ0v) is 14.6. The quantitative estimate of drug-likeness (QED) is 0.872. The number of carbonyl (C=O) groups is 1. The van der Waals surface area contributed by atoms with Crippen LogP contribution >= 0.6 is 27.7 Å². The van der Waals surface area contributed by atoms with E-state index in [0.717, 1.165) is 39.6 Å². The van der Waals surface area contributed by atoms with E-state index in [9.17, 15) is 4.79 Å². The average Bonchev–Trinajstić information content (AvgIpc) is 2.55. The summed E-state index contributed by atoms with van der Waals surface area (Å²) in [5, 5.41) is 5.29. The van der Waals surface area contributed by atoms with Crippen LogP contribution < -0.4 is 10.1 Å². The molecule has 0 aliphatic carbocycles. The van der Waals surface area contributed by atoms with Gasteiger partial charge in [0.25, 0.3) is 5.91 Å². The molecule has 1 saturated heterocycles. The predicted molar refractivity (Wildman–Crippen MR) is 95.6 cm³/mol. The molecule has 1 heterocycles. The van der Waals surface area contributed by atoms with Crippen LogP contribution in [0, 0.1) is 0 Å². The fourth-order valence-electron chi connectivity index (χ4n) is 2.58. The summed E-state index contributed by atoms with van der Waals surface area (Å²) in [6, 6.07) is 12.3. The fraction of sp³-hybridized carbons (Fsp3) is 0.353. The van der Waals surface area contributed by atoms with E-state index in [-0.39, 0.29) is 12.5 Å². The largest absolute Gasteiger partial charge is 0.483 e. The van der Waals surface area contributed by atoms with Crippen molar-refractivity contribution in [3.05, 3.63) is 40.9 Å². The third-order valence-corrected chi connectivity index (χ3v) is 5.64. The van der Waals surface area contributed by atoms with Gasteiger partial charge < -0.3 is 10.1 Å². The van der Waals surface area contributed by atoms with E-state index in [1.165, 1.54) is 0 Å². The second kappa shape index (κ2) is 7.38. The Kier molecular flexibility index (Phi) is 5.26. The monoisotopic (exact) mass is 379 g/mol. The van der Waals surface area contributed by atoms with Crippen molar-refractivity contribution in [3.63, 3.8) is 0 Å². The maximum absolute atomic E-state index is 12.0. The van der Waals surface area contributed by atoms with Crippen LogP contribution in [0.5, 0.6) is 5.75 Å². The predicted octanol–water partition coefficient (Wildman–Crippen LogP) is 3.99. The summed E-state index contributed by atoms with van der Waals surface area (Å²) < 4.78 is 6.58. The normalized spacial score (nSPS) is 15.7. The number of amides is 1. The van der Waals surface area contributed by atoms with Gasteiger partial charge >= 0.3 is 0 Å². The molecule has 2 aromatic carbocycles. The van der Waals surface area contributed by atoms with Crippen molar-refractivity contribution >= 4 is 44.4 Å². The van der Waals surface area contributed by atoms with Crippen LogP contribution in [0.2, 0.25) is 0 Å². The topological polar surface area (TPSA) is 38.3 Å². The molecule has 22 heavy (non-hydrogen) atoms. The molecule has 1 aliphatic heterocycles. The molecule has 1 aliphatic rings. The lowest BCUT2D eigenvalue weighted by Crippen LogP contribution is -2.39. The summed E-state index contributed by atoms with van der Waals surface area (Å²) in [7, 11) is 0. The lowest BCUT2D eigenvalue weighted by atomic mass is 10.1. The molecule has 0 spiro atoms. The first-order valence-electron chi connectivity index (χ1n) is 7.41. The van der Waals surface area contributed by atoms with Gasteiger partial charge in [0.15, 0.2) is 6.61 Å². The van der Waals surface area contributed by atoms with Gasteiger partial charge in [-0.05, 0) is 57.1 Å². The molecule has 0 radical (unpaired) electrons. The van der Waals surface area contributed by atoms with Gasteiger partial charge in [0.05, 0.1) is 4.47 Å². The second-order valence-electron chi connectivity index (χ2n) is 5.34. The Morgan fingerprint density at radius 2 is 2.00 bits per heavy atom. The number of halogens is 1. The third kappa shape index (κ3) is 3.76. The standard InChI is InChI=1S/C17H18BrNO2S/c18-17-14-4-2-1-3-12(14)5-6-15(17)21-11-16(20)19-13-7-9-22-10-8-13/h1-6,13H,7-11H2,(H,19,20). The highest BCUT2D eigenvalue weighted by molar-refractivity contribution is 9.10. The van der Waals surface area contributed by atoms with E-state index in [0.29, 0.717) is 11.8 Å². The molecule has 1 fully saturated rings. The molecule has 3 rings (SSSR count). The fourth-order valence-corrected chi connectivity index (χ4v) is 4.29. The molecular weight excluding hydrogens is 362 g/mol. The van der Waals surface area contributed by atoms with Crippen LogP contribution in [-0.4, -0.2) is 30.1 Å². The summed E-state index contributed by atoms with van der Waals surface area (Å²) in [5.41, 5.74) is 0. The Labute approximate surface area is 142 Å². The Balaban J connectivity index is 1.61. The van der Waals surface area contributed by atoms with Crippen LogP contribution in [-0.2, 0) is 4.79 Å². The lowest BCUT2D eigenvalue weighted by Gasteiger charge is -2.22. The van der Waals surface area contributed by atoms with Gasteiger partial charge in [0.1, 0.15) is 5.75 Å². The molecular formula is C17H18BrNO2S. The van der Waals surface area contributed by atoms with Gasteiger partial charge in [0, 0.05) is 6.04 Å². The minimum Gasteiger partial charge on any atom is -0.483 e. The highest BCUT2D eigenvalue weighted by atomic mass is 79.9. The molecule has 1 amide bonds. The van der Waals surface area contributed by atoms with Crippen molar-refractivity contribution in [2.75, 3.05) is 18.1 Å². The number of rotatable bonds is 4. The van der Waals surface area contributed by atoms with Crippen molar-refractivity contribution < 1.29 is 9.53 Å². The first-order valence-corrected chi connectivity index (χ1v) is 9.36. The van der Waals surface area contributed by atoms with E-state index < -0.39 is 0 Å². The second-order valence-corrected chi connectivity index (χ2v) is 7.36. The van der Waals surface area contributed by atoms with Crippen molar-refractivity contribution in [3.8, 4) is 5.75 Å². The smallest absolute Gasteiger partial charge is 0.258 e. The number of thioether (sulfide) groups is 1. The van der Waals surface area contributed by atoms with Gasteiger partial charge in [-0.15, -0.1) is 0 Å². The molecule has 3 nitrogen and oxygen atoms in total. The molecule has 2 aromatic rings. The summed E-state index contributed by atoms with van der Waals surface area (Å²) >= 11 is 5.52. The van der Waals surface area contributed by atoms with E-state index in [1.54, 1.807) is 0 Å². The Hall–Kier alpha value is -1.20. The van der Waals surface area contributed by atoms with Crippen LogP contribution in [0.15, 0.2) is 40.9 Å². The first kappa shape index (κ1) is 15.7. The molecule has 0 aromatic heterocycles. The van der Waals surface area contributed by atoms with Crippen LogP contribution in [0.1, 0.15) is 12.8 Å². The first-order chi connectivity index (χ1) is 10.7. The Morgan fingerprint density at radius 1 is 1.23 bits per heavy atom. The van der Waals surface area contributed by atoms with Crippen molar-refractivity contribution in [2.24, 2.45) is 0 Å². The minimum absolute atomic E-state index is 0.0445. The van der Waals surface area contributed by atoms with E-state index >= 15 is 0 Å². The van der Waals surface area contributed by atoms with Gasteiger partial charge in [-0.3, -0.25) is 4.79 Å². The van der Waals surface area contributed by atoms with Gasteiger partial charge in [-0.2, -0.15) is 11.8 Å². The zero-order chi connectivity index (χ0) is 15.4. The van der Waals surface area contributed by atoms with E-state index in [4.69, 9.17) is 4.74 Å². The molecule has 116 valence electrons. The van der Waals surface area contributed by atoms with E-state index in [1.807, 2.05) is 42.1 Å². The molecule has 0 atom stereocenters. The lowest BCUT2D eigenvalue weighted by molar-refractivity contribution is -0.123. The van der Waals surface area contributed by atoms with Gasteiger partial charge in [-0.1, -0.05) is 30.3 Å². The summed E-state index contributed by atoms with van der Waals surface area (Å²) in [4.78, 5) is 12.0. The van der Waals surface area contributed by atoms with Crippen LogP contribution in [0.3, 0.4) is 0 Å². The zero-order valence-electron chi connectivity index (χ0n) is 12.2. The number of hydrogen-bond donors (Lipinski definition) is 1. The molecule has 5 heteroatoms. The highest BCUT2D eigenvalue weighted by Crippen LogP contribution is 2.32. The van der Waals surface area contributed by atoms with Crippen LogP contribution in [0.4, 0.5) is 0 Å². The molecule has 1 N–H and O–H groups in total. The molecule has 0 saturated carbocycles. The number of fused-ring (bicyclic) bond motifs is 1. The minimum atomic E-state index is -0.0445. The highest BCUT2D eigenvalue weighted by Gasteiger charge is 2.16. The molecule has 0 bridgehead atoms. The SMILES string of the molecule is O=C(COc1ccc2ccccc2c1Br)NC1CCSCC1. The van der Waals surface area contributed by atoms with Crippen molar-refractivity contribution in [1.29, 1.82) is 0 Å². The number of ether oxygens (including phenoxy) is 1. The van der Waals surface area contributed by atoms with Crippen LogP contribution in [0.25, 0.3) is 10.8 Å². The van der Waals surface area contributed by atoms with Gasteiger partial charge in [-0.25, -0.2) is 0 Å². The number of nitrogens with one attached hydrogen (secondary N) is 1.